The Morgan fingerprint density at radius 2 is 2.04 bits per heavy atom. The van der Waals surface area contributed by atoms with Crippen molar-refractivity contribution in [2.45, 2.75) is 6.92 Å². The van der Waals surface area contributed by atoms with Crippen molar-refractivity contribution in [2.75, 3.05) is 0 Å². The highest BCUT2D eigenvalue weighted by atomic mass is 19.1. The maximum atomic E-state index is 13.3. The first kappa shape index (κ1) is 13.4. The van der Waals surface area contributed by atoms with Crippen molar-refractivity contribution in [2.24, 2.45) is 0 Å². The molecule has 1 aromatic carbocycles. The first-order valence-corrected chi connectivity index (χ1v) is 6.79. The molecule has 4 aromatic rings. The van der Waals surface area contributed by atoms with Crippen molar-refractivity contribution < 1.29 is 8.91 Å². The topological polar surface area (TPSA) is 89.1 Å². The molecule has 0 bridgehead atoms. The Balaban J connectivity index is 1.77. The summed E-state index contributed by atoms with van der Waals surface area (Å²) in [5.41, 5.74) is 1.88. The fourth-order valence-electron chi connectivity index (χ4n) is 2.27. The van der Waals surface area contributed by atoms with Gasteiger partial charge in [-0.15, -0.1) is 0 Å². The van der Waals surface area contributed by atoms with Gasteiger partial charge in [0.05, 0.1) is 0 Å². The molecule has 114 valence electrons. The molecule has 0 amide bonds. The molecule has 8 heteroatoms. The average Bonchev–Trinajstić information content (AvgIpc) is 3.17. The lowest BCUT2D eigenvalue weighted by Gasteiger charge is -1.98. The number of H-pyrrole nitrogens is 1. The van der Waals surface area contributed by atoms with Crippen LogP contribution in [-0.4, -0.2) is 24.7 Å². The lowest BCUT2D eigenvalue weighted by molar-refractivity contribution is 0.432. The van der Waals surface area contributed by atoms with Crippen LogP contribution >= 0.6 is 0 Å². The zero-order chi connectivity index (χ0) is 16.0. The number of nitrogens with one attached hydrogen (secondary N) is 1. The molecule has 0 aliphatic carbocycles. The van der Waals surface area contributed by atoms with E-state index >= 15 is 0 Å². The summed E-state index contributed by atoms with van der Waals surface area (Å²) < 4.78 is 19.9. The molecule has 0 saturated carbocycles. The lowest BCUT2D eigenvalue weighted by Crippen LogP contribution is -2.08. The van der Waals surface area contributed by atoms with Crippen LogP contribution in [-0.2, 0) is 0 Å². The Morgan fingerprint density at radius 1 is 1.22 bits per heavy atom. The van der Waals surface area contributed by atoms with Gasteiger partial charge in [0.15, 0.2) is 5.65 Å². The number of hydrogen-bond donors (Lipinski definition) is 1. The van der Waals surface area contributed by atoms with Gasteiger partial charge in [-0.1, -0.05) is 5.16 Å². The minimum Gasteiger partial charge on any atom is -0.334 e. The summed E-state index contributed by atoms with van der Waals surface area (Å²) in [7, 11) is 0. The molecule has 0 aliphatic heterocycles. The first-order valence-electron chi connectivity index (χ1n) is 6.79. The molecule has 0 saturated heterocycles. The third kappa shape index (κ3) is 2.20. The highest BCUT2D eigenvalue weighted by Gasteiger charge is 2.13. The van der Waals surface area contributed by atoms with Crippen LogP contribution in [0.2, 0.25) is 0 Å². The van der Waals surface area contributed by atoms with Crippen LogP contribution < -0.4 is 5.69 Å². The van der Waals surface area contributed by atoms with Crippen LogP contribution in [0.15, 0.2) is 45.8 Å². The van der Waals surface area contributed by atoms with Gasteiger partial charge < -0.3 is 4.52 Å². The zero-order valence-electron chi connectivity index (χ0n) is 11.9. The number of hydrogen-bond acceptors (Lipinski definition) is 5. The summed E-state index contributed by atoms with van der Waals surface area (Å²) in [6.45, 7) is 1.66. The van der Waals surface area contributed by atoms with Crippen LogP contribution in [0.1, 0.15) is 5.56 Å². The number of benzene rings is 1. The van der Waals surface area contributed by atoms with Crippen LogP contribution in [0.5, 0.6) is 0 Å². The van der Waals surface area contributed by atoms with Crippen LogP contribution in [0, 0.1) is 12.7 Å². The third-order valence-electron chi connectivity index (χ3n) is 3.50. The molecule has 0 atom stereocenters. The van der Waals surface area contributed by atoms with Gasteiger partial charge in [-0.05, 0) is 42.8 Å². The predicted octanol–water partition coefficient (Wildman–Crippen LogP) is 2.19. The summed E-state index contributed by atoms with van der Waals surface area (Å²) in [4.78, 5) is 15.9. The van der Waals surface area contributed by atoms with E-state index in [9.17, 15) is 9.18 Å². The van der Waals surface area contributed by atoms with Gasteiger partial charge in [-0.3, -0.25) is 0 Å². The molecule has 0 spiro atoms. The Morgan fingerprint density at radius 3 is 2.87 bits per heavy atom. The Labute approximate surface area is 128 Å². The van der Waals surface area contributed by atoms with E-state index < -0.39 is 0 Å². The van der Waals surface area contributed by atoms with E-state index in [0.29, 0.717) is 28.2 Å². The summed E-state index contributed by atoms with van der Waals surface area (Å²) in [6.07, 6.45) is 1.58. The molecule has 23 heavy (non-hydrogen) atoms. The van der Waals surface area contributed by atoms with Gasteiger partial charge in [0, 0.05) is 17.3 Å². The molecule has 4 rings (SSSR count). The fourth-order valence-corrected chi connectivity index (χ4v) is 2.27. The maximum Gasteiger partial charge on any atom is 0.347 e. The fraction of sp³-hybridized carbons (Fsp3) is 0.0667. The van der Waals surface area contributed by atoms with Gasteiger partial charge in [0.25, 0.3) is 5.89 Å². The zero-order valence-corrected chi connectivity index (χ0v) is 11.9. The van der Waals surface area contributed by atoms with Crippen molar-refractivity contribution in [3.63, 3.8) is 0 Å². The molecular formula is C15H10FN5O2. The van der Waals surface area contributed by atoms with Crippen LogP contribution in [0.4, 0.5) is 4.39 Å². The van der Waals surface area contributed by atoms with E-state index in [1.54, 1.807) is 37.4 Å². The van der Waals surface area contributed by atoms with E-state index in [-0.39, 0.29) is 17.4 Å². The summed E-state index contributed by atoms with van der Waals surface area (Å²) in [5.74, 6) is 0.318. The minimum atomic E-state index is -0.347. The van der Waals surface area contributed by atoms with Crippen LogP contribution in [0.25, 0.3) is 28.5 Å². The number of fused-ring (bicyclic) bond motifs is 1. The summed E-state index contributed by atoms with van der Waals surface area (Å²) in [5, 5.41) is 10.1. The largest absolute Gasteiger partial charge is 0.347 e. The molecule has 1 N–H and O–H groups in total. The second kappa shape index (κ2) is 4.87. The molecule has 7 nitrogen and oxygen atoms in total. The number of aromatic nitrogens is 5. The Kier molecular flexibility index (Phi) is 2.83. The maximum absolute atomic E-state index is 13.3. The van der Waals surface area contributed by atoms with E-state index in [1.165, 1.54) is 10.5 Å². The van der Waals surface area contributed by atoms with Crippen molar-refractivity contribution >= 4 is 5.65 Å². The predicted molar refractivity (Wildman–Crippen MR) is 79.2 cm³/mol. The molecular weight excluding hydrogens is 301 g/mol. The standard InChI is InChI=1S/C15H10FN5O2/c1-8-6-9(2-4-11(8)16)14-17-13(20-23-14)10-3-5-12-18-19-15(22)21(12)7-10/h2-7H,1H3,(H,19,22). The number of halogens is 1. The summed E-state index contributed by atoms with van der Waals surface area (Å²) in [6, 6.07) is 7.97. The number of rotatable bonds is 2. The van der Waals surface area contributed by atoms with Crippen molar-refractivity contribution in [1.82, 2.24) is 24.7 Å². The van der Waals surface area contributed by atoms with E-state index in [0.717, 1.165) is 0 Å². The van der Waals surface area contributed by atoms with Gasteiger partial charge in [-0.2, -0.15) is 10.1 Å². The smallest absolute Gasteiger partial charge is 0.334 e. The van der Waals surface area contributed by atoms with Gasteiger partial charge in [0.1, 0.15) is 5.82 Å². The molecule has 0 fully saturated rings. The monoisotopic (exact) mass is 311 g/mol. The van der Waals surface area contributed by atoms with Crippen molar-refractivity contribution in [3.8, 4) is 22.8 Å². The first-order chi connectivity index (χ1) is 11.1. The van der Waals surface area contributed by atoms with Crippen molar-refractivity contribution in [3.05, 3.63) is 58.4 Å². The summed E-state index contributed by atoms with van der Waals surface area (Å²) >= 11 is 0. The molecule has 0 radical (unpaired) electrons. The molecule has 0 aliphatic rings. The van der Waals surface area contributed by atoms with Crippen LogP contribution in [0.3, 0.4) is 0 Å². The Hall–Kier alpha value is -3.29. The molecule has 3 heterocycles. The molecule has 0 unspecified atom stereocenters. The van der Waals surface area contributed by atoms with Gasteiger partial charge >= 0.3 is 5.69 Å². The van der Waals surface area contributed by atoms with Gasteiger partial charge in [-0.25, -0.2) is 18.7 Å². The third-order valence-corrected chi connectivity index (χ3v) is 3.50. The molecule has 3 aromatic heterocycles. The Bertz CT molecular complexity index is 1080. The van der Waals surface area contributed by atoms with Gasteiger partial charge in [0.2, 0.25) is 5.82 Å². The average molecular weight is 311 g/mol. The number of aryl methyl sites for hydroxylation is 1. The van der Waals surface area contributed by atoms with Crippen molar-refractivity contribution in [1.29, 1.82) is 0 Å². The van der Waals surface area contributed by atoms with E-state index in [2.05, 4.69) is 20.3 Å². The quantitative estimate of drug-likeness (QED) is 0.613. The second-order valence-electron chi connectivity index (χ2n) is 5.06. The number of aromatic amines is 1. The van der Waals surface area contributed by atoms with E-state index in [4.69, 9.17) is 4.52 Å². The van der Waals surface area contributed by atoms with E-state index in [1.807, 2.05) is 0 Å². The highest BCUT2D eigenvalue weighted by Crippen LogP contribution is 2.23. The second-order valence-corrected chi connectivity index (χ2v) is 5.06. The highest BCUT2D eigenvalue weighted by molar-refractivity contribution is 5.61. The minimum absolute atomic E-state index is 0.280. The normalized spacial score (nSPS) is 11.2. The lowest BCUT2D eigenvalue weighted by atomic mass is 10.1. The SMILES string of the molecule is Cc1cc(-c2nc(-c3ccc4n[nH]c(=O)n4c3)no2)ccc1F. The number of pyridine rings is 1. The number of nitrogens with zero attached hydrogens (tertiary/aromatic N) is 4.